The maximum atomic E-state index is 10.7. The number of aldehydes is 1. The first-order chi connectivity index (χ1) is 11.8. The molecule has 2 aromatic heterocycles. The van der Waals surface area contributed by atoms with Crippen molar-refractivity contribution in [3.05, 3.63) is 65.5 Å². The lowest BCUT2D eigenvalue weighted by atomic mass is 9.88. The molecular formula is C20H21N3O. The Labute approximate surface area is 141 Å². The zero-order chi connectivity index (χ0) is 16.4. The van der Waals surface area contributed by atoms with Gasteiger partial charge < -0.3 is 4.98 Å². The average molecular weight is 319 g/mol. The number of fused-ring (bicyclic) bond motifs is 1. The van der Waals surface area contributed by atoms with E-state index in [1.807, 2.05) is 24.5 Å². The third kappa shape index (κ3) is 2.97. The average Bonchev–Trinajstić information content (AvgIpc) is 3.12. The smallest absolute Gasteiger partial charge is 0.150 e. The summed E-state index contributed by atoms with van der Waals surface area (Å²) in [7, 11) is 0. The molecule has 24 heavy (non-hydrogen) atoms. The van der Waals surface area contributed by atoms with Crippen molar-refractivity contribution in [3.63, 3.8) is 0 Å². The van der Waals surface area contributed by atoms with Crippen LogP contribution in [0.4, 0.5) is 0 Å². The molecule has 1 N–H and O–H groups in total. The molecule has 4 nitrogen and oxygen atoms in total. The van der Waals surface area contributed by atoms with Crippen LogP contribution < -0.4 is 0 Å². The first-order valence-electron chi connectivity index (χ1n) is 8.52. The van der Waals surface area contributed by atoms with Crippen molar-refractivity contribution in [3.8, 4) is 0 Å². The van der Waals surface area contributed by atoms with Crippen LogP contribution in [0.1, 0.15) is 40.2 Å². The van der Waals surface area contributed by atoms with Crippen molar-refractivity contribution >= 4 is 17.3 Å². The fraction of sp³-hybridized carbons (Fsp3) is 0.300. The monoisotopic (exact) mass is 319 g/mol. The summed E-state index contributed by atoms with van der Waals surface area (Å²) in [6, 6.07) is 12.2. The van der Waals surface area contributed by atoms with E-state index >= 15 is 0 Å². The first-order valence-corrected chi connectivity index (χ1v) is 8.52. The summed E-state index contributed by atoms with van der Waals surface area (Å²) in [5.41, 5.74) is 4.43. The molecule has 1 aliphatic heterocycles. The van der Waals surface area contributed by atoms with Gasteiger partial charge in [-0.2, -0.15) is 0 Å². The Balaban J connectivity index is 1.41. The van der Waals surface area contributed by atoms with Crippen LogP contribution in [0.25, 0.3) is 11.0 Å². The fourth-order valence-electron chi connectivity index (χ4n) is 3.70. The number of rotatable bonds is 4. The minimum absolute atomic E-state index is 0.611. The topological polar surface area (TPSA) is 49.0 Å². The lowest BCUT2D eigenvalue weighted by molar-refractivity contribution is 0.112. The molecule has 1 aliphatic rings. The third-order valence-electron chi connectivity index (χ3n) is 5.04. The summed E-state index contributed by atoms with van der Waals surface area (Å²) in [6.45, 7) is 3.17. The van der Waals surface area contributed by atoms with Crippen LogP contribution in [0.3, 0.4) is 0 Å². The first kappa shape index (κ1) is 15.1. The van der Waals surface area contributed by atoms with Crippen molar-refractivity contribution in [2.24, 2.45) is 0 Å². The van der Waals surface area contributed by atoms with Gasteiger partial charge in [0, 0.05) is 29.9 Å². The predicted octanol–water partition coefficient (Wildman–Crippen LogP) is 3.76. The number of nitrogens with zero attached hydrogens (tertiary/aromatic N) is 2. The van der Waals surface area contributed by atoms with E-state index in [4.69, 9.17) is 0 Å². The van der Waals surface area contributed by atoms with E-state index in [2.05, 4.69) is 39.1 Å². The second-order valence-electron chi connectivity index (χ2n) is 6.55. The maximum absolute atomic E-state index is 10.7. The molecule has 0 bridgehead atoms. The summed E-state index contributed by atoms with van der Waals surface area (Å²) in [5, 5.41) is 1.26. The number of piperidine rings is 1. The highest BCUT2D eigenvalue weighted by Crippen LogP contribution is 2.32. The predicted molar refractivity (Wildman–Crippen MR) is 95.2 cm³/mol. The van der Waals surface area contributed by atoms with Crippen LogP contribution in [-0.2, 0) is 6.54 Å². The highest BCUT2D eigenvalue weighted by molar-refractivity contribution is 5.79. The number of benzene rings is 1. The Bertz CT molecular complexity index is 829. The molecule has 3 aromatic rings. The molecule has 0 saturated carbocycles. The molecule has 4 rings (SSSR count). The van der Waals surface area contributed by atoms with Crippen LogP contribution in [0.15, 0.2) is 48.8 Å². The Morgan fingerprint density at radius 1 is 1.12 bits per heavy atom. The van der Waals surface area contributed by atoms with E-state index in [0.29, 0.717) is 5.92 Å². The Morgan fingerprint density at radius 3 is 2.67 bits per heavy atom. The van der Waals surface area contributed by atoms with Crippen LogP contribution in [0.5, 0.6) is 0 Å². The van der Waals surface area contributed by atoms with Crippen molar-refractivity contribution in [2.75, 3.05) is 13.1 Å². The number of nitrogens with one attached hydrogen (secondary N) is 1. The lowest BCUT2D eigenvalue weighted by Gasteiger charge is -2.32. The summed E-state index contributed by atoms with van der Waals surface area (Å²) < 4.78 is 0. The number of carbonyl (C=O) groups is 1. The van der Waals surface area contributed by atoms with Crippen LogP contribution >= 0.6 is 0 Å². The molecule has 122 valence electrons. The van der Waals surface area contributed by atoms with Crippen molar-refractivity contribution in [1.82, 2.24) is 14.9 Å². The summed E-state index contributed by atoms with van der Waals surface area (Å²) >= 11 is 0. The Hall–Kier alpha value is -2.46. The van der Waals surface area contributed by atoms with Crippen LogP contribution in [0.2, 0.25) is 0 Å². The molecule has 1 fully saturated rings. The minimum atomic E-state index is 0.611. The van der Waals surface area contributed by atoms with E-state index < -0.39 is 0 Å². The van der Waals surface area contributed by atoms with Gasteiger partial charge in [0.1, 0.15) is 11.9 Å². The van der Waals surface area contributed by atoms with Gasteiger partial charge in [-0.25, -0.2) is 4.98 Å². The van der Waals surface area contributed by atoms with Gasteiger partial charge in [-0.1, -0.05) is 24.3 Å². The maximum Gasteiger partial charge on any atom is 0.150 e. The van der Waals surface area contributed by atoms with Gasteiger partial charge in [0.2, 0.25) is 0 Å². The van der Waals surface area contributed by atoms with Gasteiger partial charge in [-0.05, 0) is 55.1 Å². The van der Waals surface area contributed by atoms with Crippen LogP contribution in [-0.4, -0.2) is 34.2 Å². The van der Waals surface area contributed by atoms with E-state index in [-0.39, 0.29) is 0 Å². The van der Waals surface area contributed by atoms with E-state index in [1.54, 1.807) is 0 Å². The number of H-pyrrole nitrogens is 1. The summed E-state index contributed by atoms with van der Waals surface area (Å²) in [6.07, 6.45) is 7.13. The number of aromatic amines is 1. The quantitative estimate of drug-likeness (QED) is 0.745. The normalized spacial score (nSPS) is 16.5. The number of likely N-dealkylation sites (tertiary alicyclic amines) is 1. The van der Waals surface area contributed by atoms with Crippen molar-refractivity contribution < 1.29 is 4.79 Å². The number of hydrogen-bond donors (Lipinski definition) is 1. The number of pyridine rings is 1. The van der Waals surface area contributed by atoms with Gasteiger partial charge in [-0.15, -0.1) is 0 Å². The molecule has 4 heteroatoms. The highest BCUT2D eigenvalue weighted by Gasteiger charge is 2.22. The Kier molecular flexibility index (Phi) is 4.13. The number of aromatic nitrogens is 2. The third-order valence-corrected chi connectivity index (χ3v) is 5.04. The SMILES string of the molecule is O=Cc1ccc(CN2CCC(c3ccnc4[nH]ccc34)CC2)cc1. The van der Waals surface area contributed by atoms with Gasteiger partial charge in [0.25, 0.3) is 0 Å². The number of carbonyl (C=O) groups excluding carboxylic acids is 1. The molecule has 0 amide bonds. The van der Waals surface area contributed by atoms with Gasteiger partial charge in [0.05, 0.1) is 0 Å². The van der Waals surface area contributed by atoms with E-state index in [0.717, 1.165) is 37.1 Å². The van der Waals surface area contributed by atoms with E-state index in [1.165, 1.54) is 29.4 Å². The molecule has 0 spiro atoms. The van der Waals surface area contributed by atoms with Crippen molar-refractivity contribution in [2.45, 2.75) is 25.3 Å². The second-order valence-corrected chi connectivity index (χ2v) is 6.55. The molecule has 0 aliphatic carbocycles. The zero-order valence-electron chi connectivity index (χ0n) is 13.6. The molecule has 0 unspecified atom stereocenters. The van der Waals surface area contributed by atoms with Gasteiger partial charge in [0.15, 0.2) is 0 Å². The largest absolute Gasteiger partial charge is 0.346 e. The molecule has 0 radical (unpaired) electrons. The van der Waals surface area contributed by atoms with Crippen LogP contribution in [0, 0.1) is 0 Å². The standard InChI is InChI=1S/C20H21N3O/c24-14-16-3-1-15(2-4-16)13-23-11-7-17(8-12-23)18-5-9-21-20-19(18)6-10-22-20/h1-6,9-10,14,17H,7-8,11-13H2,(H,21,22). The fourth-order valence-corrected chi connectivity index (χ4v) is 3.70. The highest BCUT2D eigenvalue weighted by atomic mass is 16.1. The Morgan fingerprint density at radius 2 is 1.92 bits per heavy atom. The van der Waals surface area contributed by atoms with Gasteiger partial charge in [-0.3, -0.25) is 9.69 Å². The lowest BCUT2D eigenvalue weighted by Crippen LogP contribution is -2.32. The molecule has 0 atom stereocenters. The molecule has 1 saturated heterocycles. The van der Waals surface area contributed by atoms with Crippen molar-refractivity contribution in [1.29, 1.82) is 0 Å². The number of hydrogen-bond acceptors (Lipinski definition) is 3. The summed E-state index contributed by atoms with van der Waals surface area (Å²) in [5.74, 6) is 0.611. The second kappa shape index (κ2) is 6.57. The zero-order valence-corrected chi connectivity index (χ0v) is 13.6. The molecular weight excluding hydrogens is 298 g/mol. The van der Waals surface area contributed by atoms with Gasteiger partial charge >= 0.3 is 0 Å². The summed E-state index contributed by atoms with van der Waals surface area (Å²) in [4.78, 5) is 20.8. The minimum Gasteiger partial charge on any atom is -0.346 e. The van der Waals surface area contributed by atoms with E-state index in [9.17, 15) is 4.79 Å². The molecule has 1 aromatic carbocycles. The molecule has 3 heterocycles.